The molecule has 2 aromatic carbocycles. The zero-order valence-electron chi connectivity index (χ0n) is 10.8. The molecule has 0 aliphatic rings. The van der Waals surface area contributed by atoms with Crippen LogP contribution in [0.5, 0.6) is 5.75 Å². The Morgan fingerprint density at radius 3 is 2.00 bits per heavy atom. The molecular weight excluding hydrogens is 311 g/mol. The van der Waals surface area contributed by atoms with Gasteiger partial charge in [0.1, 0.15) is 5.75 Å². The van der Waals surface area contributed by atoms with Gasteiger partial charge < -0.3 is 4.74 Å². The normalized spacial score (nSPS) is 9.86. The van der Waals surface area contributed by atoms with Gasteiger partial charge in [0.05, 0.1) is 5.69 Å². The maximum atomic E-state index is 8.35. The molecule has 0 aliphatic heterocycles. The van der Waals surface area contributed by atoms with E-state index in [1.54, 1.807) is 55.1 Å². The summed E-state index contributed by atoms with van der Waals surface area (Å²) in [4.78, 5) is 8.41. The second-order valence-corrected chi connectivity index (χ2v) is 3.50. The van der Waals surface area contributed by atoms with E-state index in [4.69, 9.17) is 9.50 Å². The third kappa shape index (κ3) is 6.32. The van der Waals surface area contributed by atoms with Crippen molar-refractivity contribution in [3.63, 3.8) is 0 Å². The molecule has 0 heterocycles. The third-order valence-electron chi connectivity index (χ3n) is 2.21. The topological polar surface area (TPSA) is 81.5 Å². The van der Waals surface area contributed by atoms with Gasteiger partial charge in [0.2, 0.25) is 0 Å². The van der Waals surface area contributed by atoms with E-state index in [-0.39, 0.29) is 0 Å². The number of aliphatic imine (C=N–C) groups is 2. The van der Waals surface area contributed by atoms with E-state index in [0.29, 0.717) is 5.75 Å². The van der Waals surface area contributed by atoms with Crippen molar-refractivity contribution >= 4 is 23.8 Å². The van der Waals surface area contributed by atoms with Gasteiger partial charge in [0.15, 0.2) is 0 Å². The fraction of sp³-hybridized carbons (Fsp3) is 0. The van der Waals surface area contributed by atoms with E-state index in [1.165, 1.54) is 0 Å². The number of hydrogen-bond donors (Lipinski definition) is 0. The van der Waals surface area contributed by atoms with Crippen molar-refractivity contribution in [1.82, 2.24) is 0 Å². The third-order valence-corrected chi connectivity index (χ3v) is 2.21. The maximum absolute atomic E-state index is 8.35. The molecule has 0 fully saturated rings. The van der Waals surface area contributed by atoms with Crippen LogP contribution in [0, 0.1) is 21.8 Å². The molecule has 106 valence electrons. The van der Waals surface area contributed by atoms with Crippen LogP contribution in [0.4, 0.5) is 11.4 Å². The first-order chi connectivity index (χ1) is 10.4. The first-order valence-electron chi connectivity index (χ1n) is 5.72. The summed E-state index contributed by atoms with van der Waals surface area (Å²) in [5.74, 6) is 0.496. The minimum atomic E-state index is 0.496. The molecule has 5 nitrogen and oxygen atoms in total. The Hall–Kier alpha value is -2.71. The summed E-state index contributed by atoms with van der Waals surface area (Å²) in [7, 11) is 0. The second kappa shape index (κ2) is 10.1. The number of hydrogen-bond acceptors (Lipinski definition) is 5. The quantitative estimate of drug-likeness (QED) is 0.491. The van der Waals surface area contributed by atoms with E-state index in [2.05, 4.69) is 36.2 Å². The van der Waals surface area contributed by atoms with Gasteiger partial charge in [0, 0.05) is 12.4 Å². The summed E-state index contributed by atoms with van der Waals surface area (Å²) in [6.45, 7) is 0. The molecule has 0 bridgehead atoms. The summed E-state index contributed by atoms with van der Waals surface area (Å²) in [6, 6.07) is 17.1. The molecule has 0 spiro atoms. The molecular formula is C15H10CoN4O-. The molecule has 6 heteroatoms. The molecule has 0 radical (unpaired) electrons. The van der Waals surface area contributed by atoms with Gasteiger partial charge in [-0.15, -0.1) is 17.4 Å². The van der Waals surface area contributed by atoms with Gasteiger partial charge in [-0.2, -0.15) is 18.2 Å². The van der Waals surface area contributed by atoms with Crippen molar-refractivity contribution in [2.75, 3.05) is 0 Å². The predicted molar refractivity (Wildman–Crippen MR) is 76.0 cm³/mol. The van der Waals surface area contributed by atoms with Crippen LogP contribution >= 0.6 is 0 Å². The van der Waals surface area contributed by atoms with Crippen LogP contribution in [0.25, 0.3) is 0 Å². The van der Waals surface area contributed by atoms with Crippen LogP contribution in [-0.4, -0.2) is 12.4 Å². The first-order valence-corrected chi connectivity index (χ1v) is 6.19. The van der Waals surface area contributed by atoms with Gasteiger partial charge in [-0.1, -0.05) is 0 Å². The molecule has 0 N–H and O–H groups in total. The van der Waals surface area contributed by atoms with Crippen molar-refractivity contribution in [2.45, 2.75) is 0 Å². The summed E-state index contributed by atoms with van der Waals surface area (Å²) in [6.07, 6.45) is 4.84. The average Bonchev–Trinajstić information content (AvgIpc) is 2.56. The number of nitriles is 1. The van der Waals surface area contributed by atoms with Gasteiger partial charge in [-0.3, -0.25) is 9.98 Å². The van der Waals surface area contributed by atoms with E-state index in [0.717, 1.165) is 11.4 Å². The fourth-order valence-corrected chi connectivity index (χ4v) is 1.36. The van der Waals surface area contributed by atoms with E-state index in [9.17, 15) is 0 Å². The van der Waals surface area contributed by atoms with Crippen LogP contribution < -0.4 is 4.74 Å². The van der Waals surface area contributed by atoms with E-state index in [1.807, 2.05) is 12.1 Å². The predicted octanol–water partition coefficient (Wildman–Crippen LogP) is 3.46. The number of benzene rings is 2. The van der Waals surface area contributed by atoms with Gasteiger partial charge in [-0.25, -0.2) is 0 Å². The van der Waals surface area contributed by atoms with Crippen LogP contribution in [0.3, 0.4) is 0 Å². The SMILES string of the molecule is N#COc1ccc(N=CC=Nc2cc[c-]cc2)cc1.[N]#[Co]. The monoisotopic (exact) mass is 321 g/mol. The number of ether oxygens (including phenoxy) is 1. The van der Waals surface area contributed by atoms with Crippen LogP contribution in [0.1, 0.15) is 0 Å². The molecule has 2 aromatic rings. The molecule has 0 aromatic heterocycles. The van der Waals surface area contributed by atoms with Crippen molar-refractivity contribution in [1.29, 1.82) is 9.50 Å². The van der Waals surface area contributed by atoms with Gasteiger partial charge >= 0.3 is 19.6 Å². The average molecular weight is 321 g/mol. The molecule has 21 heavy (non-hydrogen) atoms. The minimum absolute atomic E-state index is 0.496. The second-order valence-electron chi connectivity index (χ2n) is 3.50. The Morgan fingerprint density at radius 1 is 0.952 bits per heavy atom. The Kier molecular flexibility index (Phi) is 7.87. The zero-order chi connectivity index (χ0) is 15.3. The van der Waals surface area contributed by atoms with Gasteiger partial charge in [-0.05, 0) is 30.0 Å². The Balaban J connectivity index is 0.00000106. The molecule has 0 saturated heterocycles. The van der Waals surface area contributed by atoms with Crippen LogP contribution in [0.2, 0.25) is 0 Å². The Morgan fingerprint density at radius 2 is 1.48 bits per heavy atom. The zero-order valence-corrected chi connectivity index (χ0v) is 11.8. The van der Waals surface area contributed by atoms with Gasteiger partial charge in [0.25, 0.3) is 6.26 Å². The van der Waals surface area contributed by atoms with Crippen molar-refractivity contribution < 1.29 is 20.1 Å². The molecule has 0 atom stereocenters. The summed E-state index contributed by atoms with van der Waals surface area (Å²) in [5, 5.41) is 8.35. The van der Waals surface area contributed by atoms with E-state index >= 15 is 0 Å². The summed E-state index contributed by atoms with van der Waals surface area (Å²) in [5.41, 5.74) is 1.61. The molecule has 0 saturated carbocycles. The fourth-order valence-electron chi connectivity index (χ4n) is 1.36. The Bertz CT molecular complexity index is 658. The van der Waals surface area contributed by atoms with E-state index < -0.39 is 0 Å². The van der Waals surface area contributed by atoms with Crippen LogP contribution in [0.15, 0.2) is 58.5 Å². The van der Waals surface area contributed by atoms with Crippen LogP contribution in [-0.2, 0) is 15.4 Å². The standard InChI is InChI=1S/C15H10N3O.Co.N/c16-12-19-15-8-6-14(7-9-15)18-11-10-17-13-4-2-1-3-5-13;;/h2-11H;;/q-1;;. The van der Waals surface area contributed by atoms with Crippen molar-refractivity contribution in [3.05, 3.63) is 54.6 Å². The molecule has 0 unspecified atom stereocenters. The first kappa shape index (κ1) is 16.3. The number of nitrogens with zero attached hydrogens (tertiary/aromatic N) is 4. The van der Waals surface area contributed by atoms with Crippen molar-refractivity contribution in [3.8, 4) is 12.0 Å². The number of rotatable bonds is 4. The molecule has 2 rings (SSSR count). The summed E-state index contributed by atoms with van der Waals surface area (Å²) >= 11 is 2.56. The molecule has 0 aliphatic carbocycles. The molecule has 0 amide bonds. The summed E-state index contributed by atoms with van der Waals surface area (Å²) < 4.78 is 11.4. The Labute approximate surface area is 130 Å². The van der Waals surface area contributed by atoms with Crippen molar-refractivity contribution in [2.24, 2.45) is 9.98 Å².